The van der Waals surface area contributed by atoms with Crippen LogP contribution in [0.5, 0.6) is 0 Å². The van der Waals surface area contributed by atoms with Gasteiger partial charge in [0.05, 0.1) is 9.85 Å². The minimum Gasteiger partial charge on any atom is -0.285 e. The van der Waals surface area contributed by atoms with Gasteiger partial charge >= 0.3 is 0 Å². The Morgan fingerprint density at radius 3 is 1.68 bits per heavy atom. The highest BCUT2D eigenvalue weighted by atomic mass is 16.6. The number of ketones is 2. The quantitative estimate of drug-likeness (QED) is 0.362. The van der Waals surface area contributed by atoms with Gasteiger partial charge in [-0.3, -0.25) is 29.8 Å². The van der Waals surface area contributed by atoms with Gasteiger partial charge in [-0.25, -0.2) is 0 Å². The highest BCUT2D eigenvalue weighted by Gasteiger charge is 2.34. The molecule has 0 spiro atoms. The Labute approximate surface area is 123 Å². The number of benzene rings is 2. The molecule has 0 radical (unpaired) electrons. The Hall–Kier alpha value is -3.42. The van der Waals surface area contributed by atoms with Gasteiger partial charge in [0.1, 0.15) is 0 Å². The summed E-state index contributed by atoms with van der Waals surface area (Å²) in [4.78, 5) is 44.4. The largest absolute Gasteiger partial charge is 0.287 e. The van der Waals surface area contributed by atoms with Crippen LogP contribution in [0.4, 0.5) is 11.4 Å². The molecule has 0 amide bonds. The smallest absolute Gasteiger partial charge is 0.285 e. The maximum Gasteiger partial charge on any atom is 0.287 e. The first-order valence-electron chi connectivity index (χ1n) is 5.99. The summed E-state index contributed by atoms with van der Waals surface area (Å²) in [6, 6.07) is 10.3. The normalized spacial score (nSPS) is 10.0. The fraction of sp³-hybridized carbons (Fsp3) is 0. The average molecular weight is 300 g/mol. The molecule has 2 aromatic carbocycles. The highest BCUT2D eigenvalue weighted by molar-refractivity contribution is 6.50. The van der Waals surface area contributed by atoms with Crippen LogP contribution in [-0.4, -0.2) is 21.4 Å². The Kier molecular flexibility index (Phi) is 4.03. The van der Waals surface area contributed by atoms with E-state index in [0.717, 1.165) is 18.2 Å². The molecule has 0 N–H and O–H groups in total. The van der Waals surface area contributed by atoms with E-state index in [9.17, 15) is 29.8 Å². The van der Waals surface area contributed by atoms with Crippen molar-refractivity contribution in [1.82, 2.24) is 0 Å². The number of carbonyl (C=O) groups excluding carboxylic acids is 2. The lowest BCUT2D eigenvalue weighted by atomic mass is 9.99. The van der Waals surface area contributed by atoms with Gasteiger partial charge in [0.15, 0.2) is 5.56 Å². The number of nitro benzene ring substituents is 2. The van der Waals surface area contributed by atoms with Gasteiger partial charge in [0.25, 0.3) is 11.4 Å². The lowest BCUT2D eigenvalue weighted by molar-refractivity contribution is -0.394. The summed E-state index contributed by atoms with van der Waals surface area (Å²) in [6.45, 7) is 0. The number of nitro groups is 2. The van der Waals surface area contributed by atoms with E-state index in [4.69, 9.17) is 0 Å². The summed E-state index contributed by atoms with van der Waals surface area (Å²) in [7, 11) is 0. The highest BCUT2D eigenvalue weighted by Crippen LogP contribution is 2.29. The number of carbonyl (C=O) groups is 2. The van der Waals surface area contributed by atoms with Gasteiger partial charge in [0, 0.05) is 17.7 Å². The SMILES string of the molecule is O=C(C(=O)c1c([N+](=O)[O-])cccc1[N+](=O)[O-])c1ccccc1. The van der Waals surface area contributed by atoms with Crippen molar-refractivity contribution in [2.75, 3.05) is 0 Å². The van der Waals surface area contributed by atoms with Crippen molar-refractivity contribution in [3.63, 3.8) is 0 Å². The van der Waals surface area contributed by atoms with Crippen molar-refractivity contribution < 1.29 is 19.4 Å². The molecule has 0 fully saturated rings. The third-order valence-electron chi connectivity index (χ3n) is 2.88. The van der Waals surface area contributed by atoms with Gasteiger partial charge in [-0.15, -0.1) is 0 Å². The van der Waals surface area contributed by atoms with E-state index in [0.29, 0.717) is 0 Å². The molecule has 2 rings (SSSR count). The van der Waals surface area contributed by atoms with Crippen LogP contribution in [0.15, 0.2) is 48.5 Å². The van der Waals surface area contributed by atoms with Gasteiger partial charge in [-0.1, -0.05) is 30.3 Å². The van der Waals surface area contributed by atoms with Crippen LogP contribution in [0.2, 0.25) is 0 Å². The number of hydrogen-bond acceptors (Lipinski definition) is 6. The standard InChI is InChI=1S/C14H8N2O6/c17-13(9-5-2-1-3-6-9)14(18)12-10(15(19)20)7-4-8-11(12)16(21)22/h1-8H. The monoisotopic (exact) mass is 300 g/mol. The van der Waals surface area contributed by atoms with Crippen LogP contribution < -0.4 is 0 Å². The van der Waals surface area contributed by atoms with E-state index in [1.165, 1.54) is 24.3 Å². The molecule has 0 aliphatic rings. The van der Waals surface area contributed by atoms with Crippen molar-refractivity contribution in [2.45, 2.75) is 0 Å². The molecule has 0 saturated carbocycles. The van der Waals surface area contributed by atoms with Gasteiger partial charge in [-0.05, 0) is 6.07 Å². The third-order valence-corrected chi connectivity index (χ3v) is 2.88. The van der Waals surface area contributed by atoms with E-state index in [-0.39, 0.29) is 5.56 Å². The van der Waals surface area contributed by atoms with Crippen LogP contribution in [-0.2, 0) is 0 Å². The van der Waals surface area contributed by atoms with Gasteiger partial charge in [-0.2, -0.15) is 0 Å². The van der Waals surface area contributed by atoms with Crippen molar-refractivity contribution in [3.05, 3.63) is 79.9 Å². The minimum atomic E-state index is -1.29. The molecule has 8 heteroatoms. The molecular weight excluding hydrogens is 292 g/mol. The molecule has 8 nitrogen and oxygen atoms in total. The molecule has 2 aromatic rings. The molecule has 0 aliphatic heterocycles. The predicted molar refractivity (Wildman–Crippen MR) is 74.9 cm³/mol. The Morgan fingerprint density at radius 1 is 0.727 bits per heavy atom. The first-order valence-corrected chi connectivity index (χ1v) is 5.99. The molecule has 0 aromatic heterocycles. The van der Waals surface area contributed by atoms with Crippen LogP contribution in [0, 0.1) is 20.2 Å². The summed E-state index contributed by atoms with van der Waals surface area (Å²) in [5.41, 5.74) is -2.36. The van der Waals surface area contributed by atoms with Crippen LogP contribution >= 0.6 is 0 Å². The van der Waals surface area contributed by atoms with Crippen LogP contribution in [0.3, 0.4) is 0 Å². The zero-order valence-electron chi connectivity index (χ0n) is 11.0. The van der Waals surface area contributed by atoms with Crippen molar-refractivity contribution in [2.24, 2.45) is 0 Å². The van der Waals surface area contributed by atoms with E-state index < -0.39 is 38.4 Å². The Balaban J connectivity index is 2.60. The number of Topliss-reactive ketones (excluding diaryl/α,β-unsaturated/α-hetero) is 2. The summed E-state index contributed by atoms with van der Waals surface area (Å²) in [6.07, 6.45) is 0. The molecule has 0 saturated heterocycles. The van der Waals surface area contributed by atoms with E-state index >= 15 is 0 Å². The Bertz CT molecular complexity index is 753. The number of hydrogen-bond donors (Lipinski definition) is 0. The molecule has 0 atom stereocenters. The predicted octanol–water partition coefficient (Wildman–Crippen LogP) is 2.57. The maximum atomic E-state index is 12.2. The topological polar surface area (TPSA) is 120 Å². The number of nitrogens with zero attached hydrogens (tertiary/aromatic N) is 2. The molecule has 0 unspecified atom stereocenters. The summed E-state index contributed by atoms with van der Waals surface area (Å²) in [5, 5.41) is 22.0. The first-order chi connectivity index (χ1) is 10.4. The Morgan fingerprint density at radius 2 is 1.23 bits per heavy atom. The summed E-state index contributed by atoms with van der Waals surface area (Å²) >= 11 is 0. The lowest BCUT2D eigenvalue weighted by Gasteiger charge is -2.03. The van der Waals surface area contributed by atoms with Crippen LogP contribution in [0.25, 0.3) is 0 Å². The second-order valence-corrected chi connectivity index (χ2v) is 4.21. The zero-order valence-corrected chi connectivity index (χ0v) is 11.0. The first kappa shape index (κ1) is 15.0. The molecule has 22 heavy (non-hydrogen) atoms. The fourth-order valence-corrected chi connectivity index (χ4v) is 1.90. The van der Waals surface area contributed by atoms with Crippen molar-refractivity contribution in [1.29, 1.82) is 0 Å². The molecule has 0 bridgehead atoms. The summed E-state index contributed by atoms with van der Waals surface area (Å²) < 4.78 is 0. The second kappa shape index (κ2) is 5.92. The molecular formula is C14H8N2O6. The van der Waals surface area contributed by atoms with Gasteiger partial charge < -0.3 is 0 Å². The minimum absolute atomic E-state index is 0.0000472. The summed E-state index contributed by atoms with van der Waals surface area (Å²) in [5.74, 6) is -2.33. The molecule has 0 heterocycles. The maximum absolute atomic E-state index is 12.2. The van der Waals surface area contributed by atoms with E-state index in [2.05, 4.69) is 0 Å². The molecule has 110 valence electrons. The van der Waals surface area contributed by atoms with Crippen molar-refractivity contribution in [3.8, 4) is 0 Å². The second-order valence-electron chi connectivity index (χ2n) is 4.21. The third kappa shape index (κ3) is 2.70. The van der Waals surface area contributed by atoms with Gasteiger partial charge in [0.2, 0.25) is 11.6 Å². The van der Waals surface area contributed by atoms with Crippen LogP contribution in [0.1, 0.15) is 20.7 Å². The van der Waals surface area contributed by atoms with E-state index in [1.807, 2.05) is 0 Å². The lowest BCUT2D eigenvalue weighted by Crippen LogP contribution is -2.17. The number of rotatable bonds is 5. The van der Waals surface area contributed by atoms with Crippen molar-refractivity contribution >= 4 is 22.9 Å². The average Bonchev–Trinajstić information content (AvgIpc) is 2.53. The van der Waals surface area contributed by atoms with E-state index in [1.54, 1.807) is 6.07 Å². The fourth-order valence-electron chi connectivity index (χ4n) is 1.90. The molecule has 0 aliphatic carbocycles. The zero-order chi connectivity index (χ0) is 16.3.